The van der Waals surface area contributed by atoms with E-state index >= 15 is 0 Å². The van der Waals surface area contributed by atoms with Crippen molar-refractivity contribution in [2.45, 2.75) is 25.9 Å². The van der Waals surface area contributed by atoms with Crippen molar-refractivity contribution in [3.63, 3.8) is 0 Å². The molecule has 0 aromatic heterocycles. The first-order valence-corrected chi connectivity index (χ1v) is 11.6. The Morgan fingerprint density at radius 3 is 2.43 bits per heavy atom. The van der Waals surface area contributed by atoms with E-state index < -0.39 is 29.3 Å². The molecule has 0 saturated carbocycles. The number of likely N-dealkylation sites (N-methyl/N-ethyl adjacent to an activating group) is 1. The van der Waals surface area contributed by atoms with Gasteiger partial charge in [-0.25, -0.2) is 4.39 Å². The predicted octanol–water partition coefficient (Wildman–Crippen LogP) is 3.90. The van der Waals surface area contributed by atoms with Crippen LogP contribution in [0.15, 0.2) is 72.8 Å². The summed E-state index contributed by atoms with van der Waals surface area (Å²) in [6.45, 7) is 1.48. The molecule has 9 nitrogen and oxygen atoms in total. The van der Waals surface area contributed by atoms with Crippen molar-refractivity contribution >= 4 is 17.5 Å². The molecule has 10 heteroatoms. The van der Waals surface area contributed by atoms with E-state index in [9.17, 15) is 24.1 Å². The molecule has 0 aliphatic heterocycles. The molecule has 0 aliphatic carbocycles. The largest absolute Gasteiger partial charge is 0.490 e. The van der Waals surface area contributed by atoms with Gasteiger partial charge in [0.25, 0.3) is 5.91 Å². The average molecular weight is 510 g/mol. The summed E-state index contributed by atoms with van der Waals surface area (Å²) in [7, 11) is 1.29. The van der Waals surface area contributed by atoms with Gasteiger partial charge in [-0.1, -0.05) is 48.5 Å². The highest BCUT2D eigenvalue weighted by Gasteiger charge is 2.31. The second-order valence-corrected chi connectivity index (χ2v) is 8.09. The number of benzene rings is 3. The molecule has 0 unspecified atom stereocenters. The molecule has 0 saturated heterocycles. The Morgan fingerprint density at radius 2 is 1.78 bits per heavy atom. The van der Waals surface area contributed by atoms with Crippen LogP contribution in [0.3, 0.4) is 0 Å². The predicted molar refractivity (Wildman–Crippen MR) is 135 cm³/mol. The molecule has 0 heterocycles. The summed E-state index contributed by atoms with van der Waals surface area (Å²) < 4.78 is 25.2. The molecule has 2 amide bonds. The van der Waals surface area contributed by atoms with Crippen LogP contribution in [0, 0.1) is 15.9 Å². The van der Waals surface area contributed by atoms with Gasteiger partial charge in [-0.3, -0.25) is 19.7 Å². The summed E-state index contributed by atoms with van der Waals surface area (Å²) in [6.07, 6.45) is 0.207. The quantitative estimate of drug-likeness (QED) is 0.293. The Balaban J connectivity index is 1.90. The number of hydrogen-bond donors (Lipinski definition) is 1. The lowest BCUT2D eigenvalue weighted by Gasteiger charge is -2.31. The van der Waals surface area contributed by atoms with Crippen molar-refractivity contribution in [3.8, 4) is 11.5 Å². The second kappa shape index (κ2) is 13.0. The number of ether oxygens (including phenoxy) is 2. The van der Waals surface area contributed by atoms with E-state index in [4.69, 9.17) is 9.47 Å². The van der Waals surface area contributed by atoms with Crippen LogP contribution in [0.4, 0.5) is 10.1 Å². The standard InChI is InChI=1S/C27H28FN3O6/c1-3-29-27(33)24(15-19-9-5-4-6-10-19)30(17-20-11-7-8-12-22(20)28)26(32)18-37-21-13-14-23(31(34)35)25(16-21)36-2/h4-14,16,24H,3,15,17-18H2,1-2H3,(H,29,33)/t24-/m0/s1. The zero-order valence-corrected chi connectivity index (χ0v) is 20.6. The number of nitro benzene ring substituents is 1. The highest BCUT2D eigenvalue weighted by atomic mass is 19.1. The molecule has 0 bridgehead atoms. The Hall–Kier alpha value is -4.47. The van der Waals surface area contributed by atoms with Gasteiger partial charge in [-0.05, 0) is 24.6 Å². The lowest BCUT2D eigenvalue weighted by Crippen LogP contribution is -2.51. The Kier molecular flexibility index (Phi) is 9.54. The molecule has 0 spiro atoms. The van der Waals surface area contributed by atoms with Gasteiger partial charge in [0.2, 0.25) is 11.7 Å². The van der Waals surface area contributed by atoms with Gasteiger partial charge in [-0.15, -0.1) is 0 Å². The molecule has 3 rings (SSSR count). The molecule has 37 heavy (non-hydrogen) atoms. The van der Waals surface area contributed by atoms with Crippen LogP contribution in [0.25, 0.3) is 0 Å². The lowest BCUT2D eigenvalue weighted by molar-refractivity contribution is -0.385. The highest BCUT2D eigenvalue weighted by molar-refractivity contribution is 5.88. The first kappa shape index (κ1) is 27.1. The molecule has 3 aromatic rings. The summed E-state index contributed by atoms with van der Waals surface area (Å²) in [5.41, 5.74) is 0.822. The van der Waals surface area contributed by atoms with Crippen molar-refractivity contribution in [1.29, 1.82) is 0 Å². The van der Waals surface area contributed by atoms with Gasteiger partial charge in [0.1, 0.15) is 17.6 Å². The number of carbonyl (C=O) groups excluding carboxylic acids is 2. The van der Waals surface area contributed by atoms with E-state index in [0.29, 0.717) is 6.54 Å². The number of carbonyl (C=O) groups is 2. The van der Waals surface area contributed by atoms with Gasteiger partial charge in [0.15, 0.2) is 6.61 Å². The minimum Gasteiger partial charge on any atom is -0.490 e. The van der Waals surface area contributed by atoms with E-state index in [0.717, 1.165) is 5.56 Å². The number of nitro groups is 1. The lowest BCUT2D eigenvalue weighted by atomic mass is 10.0. The van der Waals surface area contributed by atoms with Gasteiger partial charge < -0.3 is 19.7 Å². The van der Waals surface area contributed by atoms with E-state index in [1.165, 1.54) is 36.3 Å². The normalized spacial score (nSPS) is 11.3. The summed E-state index contributed by atoms with van der Waals surface area (Å²) in [5.74, 6) is -1.31. The number of hydrogen-bond acceptors (Lipinski definition) is 6. The van der Waals surface area contributed by atoms with Crippen LogP contribution in [0.5, 0.6) is 11.5 Å². The average Bonchev–Trinajstić information content (AvgIpc) is 2.90. The van der Waals surface area contributed by atoms with Crippen molar-refractivity contribution in [2.24, 2.45) is 0 Å². The molecular formula is C27H28FN3O6. The Labute approximate surface area is 214 Å². The fraction of sp³-hybridized carbons (Fsp3) is 0.259. The van der Waals surface area contributed by atoms with Crippen molar-refractivity contribution < 1.29 is 28.4 Å². The van der Waals surface area contributed by atoms with Crippen LogP contribution < -0.4 is 14.8 Å². The zero-order chi connectivity index (χ0) is 26.8. The third-order valence-corrected chi connectivity index (χ3v) is 5.63. The van der Waals surface area contributed by atoms with Gasteiger partial charge in [0.05, 0.1) is 12.0 Å². The summed E-state index contributed by atoms with van der Waals surface area (Å²) in [6, 6.07) is 18.2. The maximum Gasteiger partial charge on any atom is 0.311 e. The number of methoxy groups -OCH3 is 1. The molecule has 0 fully saturated rings. The third kappa shape index (κ3) is 7.26. The van der Waals surface area contributed by atoms with Crippen LogP contribution in [-0.4, -0.2) is 47.9 Å². The smallest absolute Gasteiger partial charge is 0.311 e. The summed E-state index contributed by atoms with van der Waals surface area (Å²) in [4.78, 5) is 38.4. The van der Waals surface area contributed by atoms with Crippen LogP contribution in [0.1, 0.15) is 18.1 Å². The van der Waals surface area contributed by atoms with Crippen LogP contribution in [0.2, 0.25) is 0 Å². The Bertz CT molecular complexity index is 1240. The monoisotopic (exact) mass is 509 g/mol. The zero-order valence-electron chi connectivity index (χ0n) is 20.6. The summed E-state index contributed by atoms with van der Waals surface area (Å²) in [5, 5.41) is 13.9. The topological polar surface area (TPSA) is 111 Å². The van der Waals surface area contributed by atoms with E-state index in [1.54, 1.807) is 25.1 Å². The molecule has 3 aromatic carbocycles. The van der Waals surface area contributed by atoms with Crippen LogP contribution >= 0.6 is 0 Å². The molecule has 1 atom stereocenters. The SMILES string of the molecule is CCNC(=O)[C@H](Cc1ccccc1)N(Cc1ccccc1F)C(=O)COc1ccc([N+](=O)[O-])c(OC)c1. The van der Waals surface area contributed by atoms with Crippen LogP contribution in [-0.2, 0) is 22.6 Å². The number of halogens is 1. The maximum absolute atomic E-state index is 14.6. The minimum absolute atomic E-state index is 0.0255. The highest BCUT2D eigenvalue weighted by Crippen LogP contribution is 2.30. The van der Waals surface area contributed by atoms with Crippen molar-refractivity contribution in [3.05, 3.63) is 99.9 Å². The molecule has 0 radical (unpaired) electrons. The number of nitrogens with zero attached hydrogens (tertiary/aromatic N) is 2. The van der Waals surface area contributed by atoms with E-state index in [-0.39, 0.29) is 41.6 Å². The maximum atomic E-state index is 14.6. The molecule has 1 N–H and O–H groups in total. The van der Waals surface area contributed by atoms with E-state index in [2.05, 4.69) is 5.32 Å². The number of amides is 2. The fourth-order valence-corrected chi connectivity index (χ4v) is 3.78. The molecular weight excluding hydrogens is 481 g/mol. The van der Waals surface area contributed by atoms with Gasteiger partial charge in [0, 0.05) is 37.2 Å². The van der Waals surface area contributed by atoms with E-state index in [1.807, 2.05) is 30.3 Å². The number of nitrogens with one attached hydrogen (secondary N) is 1. The molecule has 0 aliphatic rings. The van der Waals surface area contributed by atoms with Crippen molar-refractivity contribution in [2.75, 3.05) is 20.3 Å². The van der Waals surface area contributed by atoms with Gasteiger partial charge >= 0.3 is 5.69 Å². The first-order chi connectivity index (χ1) is 17.8. The fourth-order valence-electron chi connectivity index (χ4n) is 3.78. The molecule has 194 valence electrons. The van der Waals surface area contributed by atoms with Gasteiger partial charge in [-0.2, -0.15) is 0 Å². The second-order valence-electron chi connectivity index (χ2n) is 8.09. The first-order valence-electron chi connectivity index (χ1n) is 11.6. The number of rotatable bonds is 12. The summed E-state index contributed by atoms with van der Waals surface area (Å²) >= 11 is 0. The third-order valence-electron chi connectivity index (χ3n) is 5.63. The Morgan fingerprint density at radius 1 is 1.08 bits per heavy atom. The van der Waals surface area contributed by atoms with Crippen molar-refractivity contribution in [1.82, 2.24) is 10.2 Å². The minimum atomic E-state index is -0.940.